The summed E-state index contributed by atoms with van der Waals surface area (Å²) in [6.07, 6.45) is 1.63. The van der Waals surface area contributed by atoms with Crippen molar-refractivity contribution in [2.24, 2.45) is 0 Å². The molecular weight excluding hydrogens is 429 g/mol. The van der Waals surface area contributed by atoms with Crippen LogP contribution < -0.4 is 10.5 Å². The standard InChI is InChI=1S/C25H17ClFN3O2/c26-20-13-17(7-9-23(20)32-14-15-3-1-4-18(27)11-15)24-19-12-16(22-5-2-10-31-22)6-8-21(19)29-25(28)30-24/h1-13H,14H2,(H2,28,29,30). The molecule has 0 saturated carbocycles. The molecular formula is C25H17ClFN3O2. The molecule has 0 radical (unpaired) electrons. The van der Waals surface area contributed by atoms with Crippen molar-refractivity contribution in [2.75, 3.05) is 5.73 Å². The third kappa shape index (κ3) is 4.00. The molecule has 2 N–H and O–H groups in total. The van der Waals surface area contributed by atoms with E-state index in [4.69, 9.17) is 26.5 Å². The molecule has 5 rings (SSSR count). The average molecular weight is 446 g/mol. The van der Waals surface area contributed by atoms with Crippen LogP contribution in [0.1, 0.15) is 5.56 Å². The summed E-state index contributed by atoms with van der Waals surface area (Å²) in [7, 11) is 0. The summed E-state index contributed by atoms with van der Waals surface area (Å²) >= 11 is 6.49. The lowest BCUT2D eigenvalue weighted by Gasteiger charge is -2.12. The minimum atomic E-state index is -0.310. The molecule has 32 heavy (non-hydrogen) atoms. The number of anilines is 1. The van der Waals surface area contributed by atoms with Gasteiger partial charge in [-0.1, -0.05) is 23.7 Å². The number of fused-ring (bicyclic) bond motifs is 1. The molecule has 0 unspecified atom stereocenters. The summed E-state index contributed by atoms with van der Waals surface area (Å²) in [5, 5.41) is 1.23. The lowest BCUT2D eigenvalue weighted by atomic mass is 10.0. The molecule has 0 fully saturated rings. The zero-order chi connectivity index (χ0) is 22.1. The molecule has 0 atom stereocenters. The van der Waals surface area contributed by atoms with Gasteiger partial charge < -0.3 is 14.9 Å². The Kier molecular flexibility index (Phi) is 5.21. The van der Waals surface area contributed by atoms with Crippen molar-refractivity contribution >= 4 is 28.5 Å². The van der Waals surface area contributed by atoms with E-state index in [1.165, 1.54) is 12.1 Å². The van der Waals surface area contributed by atoms with Gasteiger partial charge in [0.1, 0.15) is 23.9 Å². The Morgan fingerprint density at radius 2 is 1.81 bits per heavy atom. The molecule has 158 valence electrons. The second-order valence-corrected chi connectivity index (χ2v) is 7.61. The average Bonchev–Trinajstić information content (AvgIpc) is 3.32. The van der Waals surface area contributed by atoms with Crippen LogP contribution in [0.2, 0.25) is 5.02 Å². The number of nitrogens with two attached hydrogens (primary N) is 1. The van der Waals surface area contributed by atoms with Crippen molar-refractivity contribution < 1.29 is 13.5 Å². The number of hydrogen-bond donors (Lipinski definition) is 1. The molecule has 0 aliphatic carbocycles. The van der Waals surface area contributed by atoms with Crippen LogP contribution in [0.15, 0.2) is 83.5 Å². The number of rotatable bonds is 5. The molecule has 5 nitrogen and oxygen atoms in total. The molecule has 2 heterocycles. The van der Waals surface area contributed by atoms with Crippen LogP contribution in [0.3, 0.4) is 0 Å². The summed E-state index contributed by atoms with van der Waals surface area (Å²) in [6, 6.07) is 21.1. The largest absolute Gasteiger partial charge is 0.487 e. The summed E-state index contributed by atoms with van der Waals surface area (Å²) < 4.78 is 24.7. The minimum Gasteiger partial charge on any atom is -0.487 e. The highest BCUT2D eigenvalue weighted by atomic mass is 35.5. The van der Waals surface area contributed by atoms with Crippen LogP contribution in [0.4, 0.5) is 10.3 Å². The Hall–Kier alpha value is -3.90. The fourth-order valence-corrected chi connectivity index (χ4v) is 3.75. The Morgan fingerprint density at radius 1 is 0.938 bits per heavy atom. The van der Waals surface area contributed by atoms with Gasteiger partial charge in [-0.05, 0) is 66.2 Å². The molecule has 0 amide bonds. The molecule has 0 bridgehead atoms. The van der Waals surface area contributed by atoms with Crippen LogP contribution in [0, 0.1) is 5.82 Å². The second-order valence-electron chi connectivity index (χ2n) is 7.20. The van der Waals surface area contributed by atoms with Gasteiger partial charge >= 0.3 is 0 Å². The van der Waals surface area contributed by atoms with E-state index >= 15 is 0 Å². The van der Waals surface area contributed by atoms with Crippen LogP contribution in [-0.4, -0.2) is 9.97 Å². The molecule has 5 aromatic rings. The van der Waals surface area contributed by atoms with Gasteiger partial charge in [-0.3, -0.25) is 0 Å². The van der Waals surface area contributed by atoms with Gasteiger partial charge in [0.2, 0.25) is 5.95 Å². The maximum atomic E-state index is 13.4. The first kappa shape index (κ1) is 20.0. The Bertz CT molecular complexity index is 1420. The number of nitrogen functional groups attached to an aromatic ring is 1. The van der Waals surface area contributed by atoms with Crippen LogP contribution >= 0.6 is 11.6 Å². The van der Waals surface area contributed by atoms with Gasteiger partial charge in [0.15, 0.2) is 0 Å². The maximum Gasteiger partial charge on any atom is 0.221 e. The van der Waals surface area contributed by atoms with Crippen molar-refractivity contribution in [2.45, 2.75) is 6.61 Å². The van der Waals surface area contributed by atoms with Gasteiger partial charge in [-0.2, -0.15) is 0 Å². The zero-order valence-corrected chi connectivity index (χ0v) is 17.5. The van der Waals surface area contributed by atoms with Crippen molar-refractivity contribution in [3.8, 4) is 28.3 Å². The summed E-state index contributed by atoms with van der Waals surface area (Å²) in [5.41, 5.74) is 9.71. The first-order chi connectivity index (χ1) is 15.6. The van der Waals surface area contributed by atoms with Gasteiger partial charge in [0.25, 0.3) is 0 Å². The van der Waals surface area contributed by atoms with E-state index in [2.05, 4.69) is 9.97 Å². The quantitative estimate of drug-likeness (QED) is 0.333. The predicted octanol–water partition coefficient (Wildman–Crippen LogP) is 6.51. The summed E-state index contributed by atoms with van der Waals surface area (Å²) in [5.74, 6) is 1.09. The summed E-state index contributed by atoms with van der Waals surface area (Å²) in [4.78, 5) is 8.81. The van der Waals surface area contributed by atoms with E-state index in [0.29, 0.717) is 27.5 Å². The first-order valence-electron chi connectivity index (χ1n) is 9.85. The fraction of sp³-hybridized carbons (Fsp3) is 0.0400. The van der Waals surface area contributed by atoms with E-state index in [-0.39, 0.29) is 18.4 Å². The lowest BCUT2D eigenvalue weighted by Crippen LogP contribution is -1.99. The van der Waals surface area contributed by atoms with Gasteiger partial charge in [0, 0.05) is 16.5 Å². The molecule has 0 aliphatic rings. The number of ether oxygens (including phenoxy) is 1. The minimum absolute atomic E-state index is 0.167. The van der Waals surface area contributed by atoms with Crippen LogP contribution in [-0.2, 0) is 6.61 Å². The maximum absolute atomic E-state index is 13.4. The van der Waals surface area contributed by atoms with Crippen LogP contribution in [0.5, 0.6) is 5.75 Å². The van der Waals surface area contributed by atoms with Gasteiger partial charge in [-0.15, -0.1) is 0 Å². The van der Waals surface area contributed by atoms with Crippen molar-refractivity contribution in [1.82, 2.24) is 9.97 Å². The number of nitrogens with zero attached hydrogens (tertiary/aromatic N) is 2. The van der Waals surface area contributed by atoms with E-state index in [1.54, 1.807) is 30.5 Å². The van der Waals surface area contributed by atoms with E-state index in [0.717, 1.165) is 22.3 Å². The Balaban J connectivity index is 1.50. The van der Waals surface area contributed by atoms with Gasteiger partial charge in [-0.25, -0.2) is 14.4 Å². The Labute approximate surface area is 188 Å². The molecule has 7 heteroatoms. The number of halogens is 2. The van der Waals surface area contributed by atoms with Crippen LogP contribution in [0.25, 0.3) is 33.5 Å². The number of furan rings is 1. The van der Waals surface area contributed by atoms with E-state index in [1.807, 2.05) is 36.4 Å². The van der Waals surface area contributed by atoms with E-state index in [9.17, 15) is 4.39 Å². The monoisotopic (exact) mass is 445 g/mol. The lowest BCUT2D eigenvalue weighted by molar-refractivity contribution is 0.306. The third-order valence-electron chi connectivity index (χ3n) is 5.01. The molecule has 0 aliphatic heterocycles. The highest BCUT2D eigenvalue weighted by molar-refractivity contribution is 6.32. The first-order valence-corrected chi connectivity index (χ1v) is 10.2. The SMILES string of the molecule is Nc1nc(-c2ccc(OCc3cccc(F)c3)c(Cl)c2)c2cc(-c3ccco3)ccc2n1. The predicted molar refractivity (Wildman–Crippen MR) is 123 cm³/mol. The normalized spacial score (nSPS) is 11.1. The topological polar surface area (TPSA) is 74.2 Å². The molecule has 3 aromatic carbocycles. The third-order valence-corrected chi connectivity index (χ3v) is 5.30. The number of benzene rings is 3. The van der Waals surface area contributed by atoms with E-state index < -0.39 is 0 Å². The van der Waals surface area contributed by atoms with Gasteiger partial charge in [0.05, 0.1) is 22.5 Å². The smallest absolute Gasteiger partial charge is 0.221 e. The Morgan fingerprint density at radius 3 is 2.59 bits per heavy atom. The highest BCUT2D eigenvalue weighted by Crippen LogP contribution is 2.35. The molecule has 0 saturated heterocycles. The van der Waals surface area contributed by atoms with Crippen molar-refractivity contribution in [3.05, 3.63) is 95.5 Å². The van der Waals surface area contributed by atoms with Crippen molar-refractivity contribution in [1.29, 1.82) is 0 Å². The zero-order valence-electron chi connectivity index (χ0n) is 16.8. The number of hydrogen-bond acceptors (Lipinski definition) is 5. The molecule has 2 aromatic heterocycles. The fourth-order valence-electron chi connectivity index (χ4n) is 3.52. The highest BCUT2D eigenvalue weighted by Gasteiger charge is 2.13. The number of aromatic nitrogens is 2. The molecule has 0 spiro atoms. The second kappa shape index (κ2) is 8.32. The van der Waals surface area contributed by atoms with Crippen molar-refractivity contribution in [3.63, 3.8) is 0 Å². The summed E-state index contributed by atoms with van der Waals surface area (Å²) in [6.45, 7) is 0.201.